The summed E-state index contributed by atoms with van der Waals surface area (Å²) in [7, 11) is 1.62. The zero-order valence-corrected chi connectivity index (χ0v) is 15.9. The molecule has 0 saturated heterocycles. The lowest BCUT2D eigenvalue weighted by molar-refractivity contribution is 0.0946. The van der Waals surface area contributed by atoms with E-state index in [0.717, 1.165) is 30.7 Å². The molecule has 6 nitrogen and oxygen atoms in total. The fourth-order valence-electron chi connectivity index (χ4n) is 2.75. The predicted molar refractivity (Wildman–Crippen MR) is 109 cm³/mol. The van der Waals surface area contributed by atoms with Crippen LogP contribution in [0, 0.1) is 0 Å². The third kappa shape index (κ3) is 5.81. The molecule has 0 aliphatic heterocycles. The average molecular weight is 376 g/mol. The van der Waals surface area contributed by atoms with Crippen molar-refractivity contribution >= 4 is 11.7 Å². The molecule has 0 aliphatic rings. The van der Waals surface area contributed by atoms with Crippen LogP contribution in [0.2, 0.25) is 0 Å². The quantitative estimate of drug-likeness (QED) is 0.559. The Morgan fingerprint density at radius 1 is 1.00 bits per heavy atom. The van der Waals surface area contributed by atoms with Crippen LogP contribution in [0.25, 0.3) is 0 Å². The number of amides is 1. The summed E-state index contributed by atoms with van der Waals surface area (Å²) in [6.07, 6.45) is 3.38. The normalized spacial score (nSPS) is 10.3. The summed E-state index contributed by atoms with van der Waals surface area (Å²) in [6, 6.07) is 19.6. The van der Waals surface area contributed by atoms with Crippen LogP contribution in [-0.4, -0.2) is 29.5 Å². The third-order valence-corrected chi connectivity index (χ3v) is 4.30. The van der Waals surface area contributed by atoms with Crippen LogP contribution in [0.1, 0.15) is 28.0 Å². The molecule has 0 bridgehead atoms. The van der Waals surface area contributed by atoms with Crippen molar-refractivity contribution in [2.24, 2.45) is 0 Å². The van der Waals surface area contributed by atoms with Gasteiger partial charge in [0.2, 0.25) is 0 Å². The van der Waals surface area contributed by atoms with Gasteiger partial charge < -0.3 is 15.4 Å². The molecule has 0 spiro atoms. The van der Waals surface area contributed by atoms with E-state index in [4.69, 9.17) is 4.74 Å². The molecule has 0 fully saturated rings. The summed E-state index contributed by atoms with van der Waals surface area (Å²) >= 11 is 0. The van der Waals surface area contributed by atoms with E-state index in [9.17, 15) is 4.79 Å². The van der Waals surface area contributed by atoms with Gasteiger partial charge in [-0.1, -0.05) is 42.5 Å². The van der Waals surface area contributed by atoms with Crippen molar-refractivity contribution < 1.29 is 9.53 Å². The van der Waals surface area contributed by atoms with Crippen LogP contribution in [-0.2, 0) is 13.0 Å². The fourth-order valence-corrected chi connectivity index (χ4v) is 2.75. The Bertz CT molecular complexity index is 883. The van der Waals surface area contributed by atoms with Crippen molar-refractivity contribution in [3.8, 4) is 5.75 Å². The van der Waals surface area contributed by atoms with E-state index >= 15 is 0 Å². The van der Waals surface area contributed by atoms with Gasteiger partial charge in [-0.2, -0.15) is 0 Å². The van der Waals surface area contributed by atoms with Crippen LogP contribution in [0.4, 0.5) is 5.82 Å². The summed E-state index contributed by atoms with van der Waals surface area (Å²) in [5, 5.41) is 6.12. The van der Waals surface area contributed by atoms with Crippen LogP contribution in [0.5, 0.6) is 5.75 Å². The van der Waals surface area contributed by atoms with Crippen LogP contribution >= 0.6 is 0 Å². The van der Waals surface area contributed by atoms with Gasteiger partial charge in [-0.05, 0) is 36.1 Å². The van der Waals surface area contributed by atoms with Crippen molar-refractivity contribution in [3.63, 3.8) is 0 Å². The first-order valence-electron chi connectivity index (χ1n) is 9.25. The molecule has 2 N–H and O–H groups in total. The van der Waals surface area contributed by atoms with Gasteiger partial charge in [0.25, 0.3) is 5.91 Å². The number of rotatable bonds is 9. The molecule has 3 aromatic rings. The van der Waals surface area contributed by atoms with E-state index in [1.165, 1.54) is 11.9 Å². The molecular weight excluding hydrogens is 352 g/mol. The Morgan fingerprint density at radius 3 is 2.54 bits per heavy atom. The maximum Gasteiger partial charge on any atom is 0.270 e. The number of benzene rings is 2. The first-order chi connectivity index (χ1) is 13.7. The molecule has 28 heavy (non-hydrogen) atoms. The maximum atomic E-state index is 12.4. The number of nitrogens with zero attached hydrogens (tertiary/aromatic N) is 2. The minimum Gasteiger partial charge on any atom is -0.497 e. The highest BCUT2D eigenvalue weighted by molar-refractivity contribution is 5.92. The minimum absolute atomic E-state index is 0.231. The molecule has 0 aliphatic carbocycles. The molecule has 0 atom stereocenters. The summed E-state index contributed by atoms with van der Waals surface area (Å²) in [6.45, 7) is 1.20. The highest BCUT2D eigenvalue weighted by atomic mass is 16.5. The van der Waals surface area contributed by atoms with Crippen molar-refractivity contribution in [3.05, 3.63) is 83.8 Å². The molecular formula is C22H24N4O2. The number of carbonyl (C=O) groups excluding carboxylic acids is 1. The number of ether oxygens (including phenoxy) is 1. The molecule has 1 aromatic heterocycles. The van der Waals surface area contributed by atoms with E-state index in [1.54, 1.807) is 13.2 Å². The van der Waals surface area contributed by atoms with Gasteiger partial charge in [-0.3, -0.25) is 4.79 Å². The number of nitrogens with one attached hydrogen (secondary N) is 2. The number of aryl methyl sites for hydroxylation is 1. The summed E-state index contributed by atoms with van der Waals surface area (Å²) in [4.78, 5) is 20.6. The molecule has 3 rings (SSSR count). The highest BCUT2D eigenvalue weighted by Gasteiger charge is 2.08. The number of methoxy groups -OCH3 is 1. The maximum absolute atomic E-state index is 12.4. The second kappa shape index (κ2) is 10.1. The van der Waals surface area contributed by atoms with E-state index in [1.807, 2.05) is 42.5 Å². The number of anilines is 1. The van der Waals surface area contributed by atoms with E-state index in [-0.39, 0.29) is 5.91 Å². The van der Waals surface area contributed by atoms with Crippen LogP contribution in [0.15, 0.2) is 67.0 Å². The molecule has 0 radical (unpaired) electrons. The largest absolute Gasteiger partial charge is 0.497 e. The van der Waals surface area contributed by atoms with Gasteiger partial charge in [-0.15, -0.1) is 0 Å². The van der Waals surface area contributed by atoms with Crippen molar-refractivity contribution in [1.82, 2.24) is 15.3 Å². The van der Waals surface area contributed by atoms with Gasteiger partial charge in [0.05, 0.1) is 7.11 Å². The Hall–Kier alpha value is -3.41. The van der Waals surface area contributed by atoms with Gasteiger partial charge in [0, 0.05) is 19.2 Å². The van der Waals surface area contributed by atoms with Gasteiger partial charge in [0.1, 0.15) is 23.6 Å². The Balaban J connectivity index is 1.46. The SMILES string of the molecule is COc1ccc(CNC(=O)c2cc(NCCCc3ccccc3)ncn2)cc1. The fraction of sp³-hybridized carbons (Fsp3) is 0.227. The third-order valence-electron chi connectivity index (χ3n) is 4.30. The molecule has 1 heterocycles. The minimum atomic E-state index is -0.231. The zero-order chi connectivity index (χ0) is 19.6. The Labute approximate surface area is 165 Å². The van der Waals surface area contributed by atoms with Crippen LogP contribution in [0.3, 0.4) is 0 Å². The molecule has 0 saturated carbocycles. The monoisotopic (exact) mass is 376 g/mol. The summed E-state index contributed by atoms with van der Waals surface area (Å²) in [5.74, 6) is 1.21. The van der Waals surface area contributed by atoms with Gasteiger partial charge in [0.15, 0.2) is 0 Å². The van der Waals surface area contributed by atoms with E-state index in [0.29, 0.717) is 18.1 Å². The number of carbonyl (C=O) groups is 1. The van der Waals surface area contributed by atoms with Crippen molar-refractivity contribution in [1.29, 1.82) is 0 Å². The molecule has 6 heteroatoms. The van der Waals surface area contributed by atoms with Gasteiger partial charge in [-0.25, -0.2) is 9.97 Å². The Kier molecular flexibility index (Phi) is 6.95. The summed E-state index contributed by atoms with van der Waals surface area (Å²) < 4.78 is 5.13. The van der Waals surface area contributed by atoms with E-state index < -0.39 is 0 Å². The first kappa shape index (κ1) is 19.4. The second-order valence-corrected chi connectivity index (χ2v) is 6.34. The van der Waals surface area contributed by atoms with Crippen molar-refractivity contribution in [2.45, 2.75) is 19.4 Å². The summed E-state index contributed by atoms with van der Waals surface area (Å²) in [5.41, 5.74) is 2.64. The lowest BCUT2D eigenvalue weighted by Crippen LogP contribution is -2.24. The molecule has 144 valence electrons. The van der Waals surface area contributed by atoms with Crippen molar-refractivity contribution in [2.75, 3.05) is 19.0 Å². The number of aromatic nitrogens is 2. The smallest absolute Gasteiger partial charge is 0.270 e. The Morgan fingerprint density at radius 2 is 1.79 bits per heavy atom. The lowest BCUT2D eigenvalue weighted by atomic mass is 10.1. The zero-order valence-electron chi connectivity index (χ0n) is 15.9. The number of hydrogen-bond acceptors (Lipinski definition) is 5. The van der Waals surface area contributed by atoms with Crippen LogP contribution < -0.4 is 15.4 Å². The number of hydrogen-bond donors (Lipinski definition) is 2. The van der Waals surface area contributed by atoms with E-state index in [2.05, 4.69) is 32.7 Å². The standard InChI is InChI=1S/C22H24N4O2/c1-28-19-11-9-18(10-12-19)15-24-22(27)20-14-21(26-16-25-20)23-13-5-8-17-6-3-2-4-7-17/h2-4,6-7,9-12,14,16H,5,8,13,15H2,1H3,(H,24,27)(H,23,25,26). The highest BCUT2D eigenvalue weighted by Crippen LogP contribution is 2.11. The lowest BCUT2D eigenvalue weighted by Gasteiger charge is -2.08. The average Bonchev–Trinajstić information content (AvgIpc) is 2.76. The predicted octanol–water partition coefficient (Wildman–Crippen LogP) is 3.46. The first-order valence-corrected chi connectivity index (χ1v) is 9.25. The van der Waals surface area contributed by atoms with Gasteiger partial charge >= 0.3 is 0 Å². The molecule has 1 amide bonds. The molecule has 2 aromatic carbocycles. The topological polar surface area (TPSA) is 76.1 Å². The molecule has 0 unspecified atom stereocenters. The second-order valence-electron chi connectivity index (χ2n) is 6.34.